The third kappa shape index (κ3) is 27.1. The summed E-state index contributed by atoms with van der Waals surface area (Å²) in [7, 11) is 6.47. The molecule has 672 valence electrons. The van der Waals surface area contributed by atoms with E-state index in [1.54, 1.807) is 89.1 Å². The van der Waals surface area contributed by atoms with E-state index in [1.165, 1.54) is 0 Å². The van der Waals surface area contributed by atoms with Crippen LogP contribution in [0.15, 0.2) is 301 Å². The van der Waals surface area contributed by atoms with Crippen LogP contribution >= 0.6 is 73.7 Å². The molecular formula is C96H85Cl6N18O11P. The molecule has 0 fully saturated rings. The van der Waals surface area contributed by atoms with Gasteiger partial charge >= 0.3 is 10.9 Å². The van der Waals surface area contributed by atoms with Crippen LogP contribution in [0.5, 0.6) is 23.0 Å². The Morgan fingerprint density at radius 3 is 1.21 bits per heavy atom. The number of methoxy groups -OCH3 is 4. The summed E-state index contributed by atoms with van der Waals surface area (Å²) in [5, 5.41) is 56.0. The van der Waals surface area contributed by atoms with Crippen LogP contribution in [-0.2, 0) is 31.0 Å². The van der Waals surface area contributed by atoms with Gasteiger partial charge in [0.1, 0.15) is 45.6 Å². The van der Waals surface area contributed by atoms with Crippen molar-refractivity contribution in [2.45, 2.75) is 26.4 Å². The van der Waals surface area contributed by atoms with Crippen LogP contribution in [0, 0.1) is 0 Å². The van der Waals surface area contributed by atoms with Crippen molar-refractivity contribution in [2.75, 3.05) is 72.2 Å². The summed E-state index contributed by atoms with van der Waals surface area (Å²) in [6.45, 7) is -0.227. The number of nitrogens with one attached hydrogen (secondary N) is 7. The van der Waals surface area contributed by atoms with Gasteiger partial charge in [-0.1, -0.05) is 121 Å². The lowest BCUT2D eigenvalue weighted by Gasteiger charge is -2.16. The molecule has 0 bridgehead atoms. The van der Waals surface area contributed by atoms with Crippen LogP contribution in [0.1, 0.15) is 22.3 Å². The molecule has 0 aliphatic heterocycles. The van der Waals surface area contributed by atoms with Gasteiger partial charge in [-0.2, -0.15) is 15.0 Å². The first-order valence-electron chi connectivity index (χ1n) is 39.9. The molecule has 0 aliphatic rings. The van der Waals surface area contributed by atoms with Gasteiger partial charge in [-0.25, -0.2) is 29.7 Å². The number of para-hydroxylation sites is 5. The first-order chi connectivity index (χ1) is 63.8. The molecule has 0 aliphatic carbocycles. The minimum atomic E-state index is -3.22. The van der Waals surface area contributed by atoms with Crippen LogP contribution in [0.4, 0.5) is 74.8 Å². The molecule has 18 rings (SSSR count). The molecule has 13 aromatic carbocycles. The second-order valence-corrected chi connectivity index (χ2v) is 35.8. The van der Waals surface area contributed by atoms with Crippen molar-refractivity contribution in [1.82, 2.24) is 49.8 Å². The predicted octanol–water partition coefficient (Wildman–Crippen LogP) is 22.0. The summed E-state index contributed by atoms with van der Waals surface area (Å²) in [6, 6.07) is 90.2. The second kappa shape index (κ2) is 46.7. The normalized spacial score (nSPS) is 10.7. The maximum absolute atomic E-state index is 11.1. The molecule has 0 saturated carbocycles. The van der Waals surface area contributed by atoms with Crippen molar-refractivity contribution in [2.24, 2.45) is 0 Å². The molecule has 17 N–H and O–H groups in total. The lowest BCUT2D eigenvalue weighted by atomic mass is 10.0. The van der Waals surface area contributed by atoms with E-state index >= 15 is 0 Å². The van der Waals surface area contributed by atoms with Gasteiger partial charge in [-0.15, -0.1) is 0 Å². The Kier molecular flexibility index (Phi) is 34.2. The minimum Gasteiger partial charge on any atom is -0.497 e. The number of nitrogen functional groups attached to an aromatic ring is 3. The van der Waals surface area contributed by atoms with Crippen LogP contribution < -0.4 is 74.0 Å². The number of aromatic amines is 2. The standard InChI is InChI=1S/C44H38N8O4.C15H12ClN3O.C14H16N2O2.C8H4Cl2N2.C8H6N2O2.C7H9NO.Cl3OP/c1-55-33-19-17-32(18-20-33)46-42-34-7-3-5-9-37(34)48-43(51-42)47-36-21-13-28(23-30(36)26-54)29-14-22-39(40(24-29)56-2)50-44-49-38-10-6-4-8-35(38)41(52-44)45-31-15-11-27(25-53)12-16-31;1-20-11-8-6-10(7-9-11)17-14-12-4-2-3-5-13(12)18-15(16)19-14;1-18-14-7-10(3-5-13(14)16)9-2-4-12(15)11(6-9)8-17;9-7-5-3-1-2-4-6(5)11-8(10)12-7;11-7-5-3-1-2-4-6(5)9-8(12)10-7;8-7-3-1-6(5-9)2-4-7;1-5(2,3)4/h3-24,53-54H,25-26H2,1-2H3,(H2,45,49,50,52)(H2,46,47,48,51);2-9H,1H3,(H,17,18,19);2-7,17H,8,15-16H2,1H3;1-4H;1-4H,(H2,9,10,11,12);1-4,9H,5,8H2;. The van der Waals surface area contributed by atoms with Gasteiger partial charge in [-0.05, 0) is 272 Å². The highest BCUT2D eigenvalue weighted by molar-refractivity contribution is 8.24. The minimum absolute atomic E-state index is 0.0238. The molecule has 36 heteroatoms. The van der Waals surface area contributed by atoms with Gasteiger partial charge in [0.25, 0.3) is 5.56 Å². The molecule has 29 nitrogen and oxygen atoms in total. The second-order valence-electron chi connectivity index (χ2n) is 28.1. The van der Waals surface area contributed by atoms with Gasteiger partial charge in [-0.3, -0.25) is 14.3 Å². The third-order valence-electron chi connectivity index (χ3n) is 19.4. The smallest absolute Gasteiger partial charge is 0.339 e. The summed E-state index contributed by atoms with van der Waals surface area (Å²) >= 11 is 31.2. The summed E-state index contributed by atoms with van der Waals surface area (Å²) in [6.07, 6.45) is 0. The number of fused-ring (bicyclic) bond motifs is 5. The van der Waals surface area contributed by atoms with Crippen molar-refractivity contribution < 1.29 is 43.9 Å². The van der Waals surface area contributed by atoms with E-state index in [2.05, 4.69) is 90.2 Å². The number of aliphatic hydroxyl groups is 4. The van der Waals surface area contributed by atoms with Crippen molar-refractivity contribution in [1.29, 1.82) is 0 Å². The molecule has 0 saturated heterocycles. The zero-order valence-corrected chi connectivity index (χ0v) is 76.1. The van der Waals surface area contributed by atoms with Crippen LogP contribution in [-0.4, -0.2) is 98.7 Å². The number of nitrogens with zero attached hydrogens (tertiary/aromatic N) is 8. The Morgan fingerprint density at radius 1 is 0.356 bits per heavy atom. The molecule has 18 aromatic rings. The van der Waals surface area contributed by atoms with E-state index in [4.69, 9.17) is 96.0 Å². The number of rotatable bonds is 20. The molecule has 5 heterocycles. The average Bonchev–Trinajstić information content (AvgIpc) is 0.792. The zero-order valence-electron chi connectivity index (χ0n) is 70.7. The Bertz CT molecular complexity index is 6940. The van der Waals surface area contributed by atoms with E-state index in [9.17, 15) is 29.5 Å². The van der Waals surface area contributed by atoms with E-state index in [0.717, 1.165) is 111 Å². The fourth-order valence-electron chi connectivity index (χ4n) is 12.9. The van der Waals surface area contributed by atoms with Gasteiger partial charge in [0.15, 0.2) is 0 Å². The van der Waals surface area contributed by atoms with Crippen LogP contribution in [0.3, 0.4) is 0 Å². The Balaban J connectivity index is 0.000000166. The zero-order chi connectivity index (χ0) is 93.8. The first kappa shape index (κ1) is 96.6. The Hall–Kier alpha value is -14.4. The SMILES string of the molecule is COc1cc(-c2ccc(N)c(CO)c2)ccc1N.COc1ccc(Nc2nc(Cl)nc3ccccc23)cc1.COc1ccc(Nc2nc(Nc3ccc(-c4ccc(Nc5nc(Nc6ccc(CO)cc6)c6ccccc6n5)c(OC)c4)cc3CO)nc3ccccc23)cc1.Clc1nc(Cl)c2ccccc2n1.Nc1ccc(CO)cc1.O=P(Cl)(Cl)Cl.O=c1[nH]c(=O)c2ccccc2[nH]1. The number of anilines is 13. The molecule has 0 radical (unpaired) electrons. The van der Waals surface area contributed by atoms with Crippen LogP contribution in [0.2, 0.25) is 15.7 Å². The summed E-state index contributed by atoms with van der Waals surface area (Å²) in [5.41, 5.74) is 32.4. The molecule has 132 heavy (non-hydrogen) atoms. The van der Waals surface area contributed by atoms with Gasteiger partial charge in [0.2, 0.25) is 22.5 Å². The Labute approximate surface area is 785 Å². The number of nitrogens with two attached hydrogens (primary N) is 3. The lowest BCUT2D eigenvalue weighted by molar-refractivity contribution is 0.281. The van der Waals surface area contributed by atoms with Crippen molar-refractivity contribution in [3.63, 3.8) is 0 Å². The topological polar surface area (TPSA) is 442 Å². The van der Waals surface area contributed by atoms with E-state index in [-0.39, 0.29) is 42.6 Å². The quantitative estimate of drug-likeness (QED) is 0.0146. The molecular weight excluding hydrogens is 1820 g/mol. The van der Waals surface area contributed by atoms with Gasteiger partial charge in [0.05, 0.1) is 99.2 Å². The lowest BCUT2D eigenvalue weighted by Crippen LogP contribution is -2.21. The van der Waals surface area contributed by atoms with E-state index in [1.807, 2.05) is 231 Å². The Morgan fingerprint density at radius 2 is 0.735 bits per heavy atom. The first-order valence-corrected chi connectivity index (χ1v) is 45.4. The number of aliphatic hydroxyl groups excluding tert-OH is 4. The fraction of sp³-hybridized carbons (Fsp3) is 0.0833. The number of benzene rings is 13. The monoisotopic (exact) mass is 1910 g/mol. The number of H-pyrrole nitrogens is 2. The fourth-order valence-corrected chi connectivity index (χ4v) is 13.5. The number of hydrogen-bond donors (Lipinski definition) is 14. The highest BCUT2D eigenvalue weighted by Gasteiger charge is 2.18. The maximum atomic E-state index is 11.1. The van der Waals surface area contributed by atoms with E-state index < -0.39 is 10.9 Å². The highest BCUT2D eigenvalue weighted by Crippen LogP contribution is 2.61. The summed E-state index contributed by atoms with van der Waals surface area (Å²) < 4.78 is 31.0. The van der Waals surface area contributed by atoms with Gasteiger partial charge < -0.3 is 88.1 Å². The largest absolute Gasteiger partial charge is 0.497 e. The van der Waals surface area contributed by atoms with Crippen molar-refractivity contribution >= 4 is 203 Å². The predicted molar refractivity (Wildman–Crippen MR) is 533 cm³/mol. The number of aromatic nitrogens is 10. The highest BCUT2D eigenvalue weighted by atomic mass is 36.0. The van der Waals surface area contributed by atoms with Crippen LogP contribution in [0.25, 0.3) is 76.8 Å². The number of halogens is 6. The van der Waals surface area contributed by atoms with E-state index in [0.29, 0.717) is 90.8 Å². The average molecular weight is 1910 g/mol. The third-order valence-corrected chi connectivity index (χ3v) is 20.0. The molecule has 0 atom stereocenters. The number of hydrogen-bond acceptors (Lipinski definition) is 27. The molecule has 0 amide bonds. The number of ether oxygens (including phenoxy) is 4. The molecule has 0 spiro atoms. The molecule has 5 aromatic heterocycles. The molecule has 0 unspecified atom stereocenters. The summed E-state index contributed by atoms with van der Waals surface area (Å²) in [4.78, 5) is 62.0. The maximum Gasteiger partial charge on any atom is 0.339 e. The van der Waals surface area contributed by atoms with Gasteiger partial charge in [0, 0.05) is 66.8 Å². The summed E-state index contributed by atoms with van der Waals surface area (Å²) in [5.74, 6) is 5.52. The van der Waals surface area contributed by atoms with Crippen molar-refractivity contribution in [3.8, 4) is 45.3 Å². The van der Waals surface area contributed by atoms with Crippen molar-refractivity contribution in [3.05, 3.63) is 350 Å².